The Morgan fingerprint density at radius 1 is 0.971 bits per heavy atom. The molecule has 2 aliphatic rings. The van der Waals surface area contributed by atoms with Gasteiger partial charge in [-0.3, -0.25) is 4.79 Å². The van der Waals surface area contributed by atoms with Crippen molar-refractivity contribution < 1.29 is 24.2 Å². The molecule has 186 valence electrons. The van der Waals surface area contributed by atoms with E-state index in [4.69, 9.17) is 4.74 Å². The summed E-state index contributed by atoms with van der Waals surface area (Å²) < 4.78 is 5.66. The van der Waals surface area contributed by atoms with Crippen LogP contribution in [0.5, 0.6) is 0 Å². The average Bonchev–Trinajstić information content (AvgIpc) is 3.19. The number of alkyl carbamates (subject to hydrolysis) is 1. The number of hydrogen-bond acceptors (Lipinski definition) is 4. The van der Waals surface area contributed by atoms with E-state index in [9.17, 15) is 19.5 Å². The fourth-order valence-electron chi connectivity index (χ4n) is 5.49. The van der Waals surface area contributed by atoms with Crippen molar-refractivity contribution >= 4 is 18.0 Å². The van der Waals surface area contributed by atoms with Gasteiger partial charge in [-0.1, -0.05) is 68.8 Å². The number of benzene rings is 2. The predicted molar refractivity (Wildman–Crippen MR) is 133 cm³/mol. The van der Waals surface area contributed by atoms with Gasteiger partial charge >= 0.3 is 12.1 Å². The van der Waals surface area contributed by atoms with Crippen LogP contribution in [0.2, 0.25) is 0 Å². The summed E-state index contributed by atoms with van der Waals surface area (Å²) in [4.78, 5) is 37.3. The Balaban J connectivity index is 1.34. The van der Waals surface area contributed by atoms with Crippen LogP contribution in [0, 0.1) is 5.92 Å². The summed E-state index contributed by atoms with van der Waals surface area (Å²) >= 11 is 0. The number of hydrogen-bond donors (Lipinski definition) is 3. The van der Waals surface area contributed by atoms with Crippen LogP contribution < -0.4 is 10.6 Å². The molecule has 0 saturated heterocycles. The van der Waals surface area contributed by atoms with Gasteiger partial charge < -0.3 is 20.5 Å². The molecule has 2 aromatic carbocycles. The van der Waals surface area contributed by atoms with E-state index >= 15 is 0 Å². The van der Waals surface area contributed by atoms with Crippen molar-refractivity contribution in [2.24, 2.45) is 5.92 Å². The molecular weight excluding hydrogens is 444 g/mol. The molecule has 2 aliphatic carbocycles. The molecule has 2 amide bonds. The highest BCUT2D eigenvalue weighted by molar-refractivity contribution is 5.88. The van der Waals surface area contributed by atoms with E-state index in [0.717, 1.165) is 24.0 Å². The summed E-state index contributed by atoms with van der Waals surface area (Å²) in [5, 5.41) is 15.3. The number of carbonyl (C=O) groups is 3. The molecule has 0 heterocycles. The molecule has 1 saturated carbocycles. The van der Waals surface area contributed by atoms with Gasteiger partial charge in [-0.15, -0.1) is 0 Å². The molecule has 0 radical (unpaired) electrons. The maximum Gasteiger partial charge on any atom is 0.407 e. The van der Waals surface area contributed by atoms with Crippen molar-refractivity contribution in [1.29, 1.82) is 0 Å². The van der Waals surface area contributed by atoms with Gasteiger partial charge in [0.05, 0.1) is 0 Å². The van der Waals surface area contributed by atoms with Crippen molar-refractivity contribution in [1.82, 2.24) is 10.6 Å². The fraction of sp³-hybridized carbons (Fsp3) is 0.464. The Hall–Kier alpha value is -3.35. The summed E-state index contributed by atoms with van der Waals surface area (Å²) in [6.45, 7) is 3.77. The second-order valence-corrected chi connectivity index (χ2v) is 9.61. The first-order valence-electron chi connectivity index (χ1n) is 12.6. The second kappa shape index (κ2) is 10.5. The maximum absolute atomic E-state index is 12.9. The number of rotatable bonds is 8. The molecule has 7 nitrogen and oxygen atoms in total. The molecule has 2 aromatic rings. The standard InChI is InChI=1S/C28H34N2O5/c1-3-28(4-2,26(32)33)30-25(31)18-10-9-11-19(16-18)29-27(34)35-17-24-22-14-7-5-12-20(22)21-13-6-8-15-23(21)24/h5-8,12-15,18-19,24H,3-4,9-11,16-17H2,1-2H3,(H,29,34)(H,30,31)(H,32,33)/t18-,19+/m1/s1. The van der Waals surface area contributed by atoms with Gasteiger partial charge in [0.15, 0.2) is 0 Å². The van der Waals surface area contributed by atoms with E-state index in [1.54, 1.807) is 13.8 Å². The van der Waals surface area contributed by atoms with Crippen LogP contribution >= 0.6 is 0 Å². The molecule has 3 N–H and O–H groups in total. The summed E-state index contributed by atoms with van der Waals surface area (Å²) in [6, 6.07) is 16.2. The van der Waals surface area contributed by atoms with E-state index in [1.165, 1.54) is 11.1 Å². The monoisotopic (exact) mass is 478 g/mol. The van der Waals surface area contributed by atoms with E-state index < -0.39 is 17.6 Å². The van der Waals surface area contributed by atoms with Crippen LogP contribution in [-0.4, -0.2) is 41.3 Å². The summed E-state index contributed by atoms with van der Waals surface area (Å²) in [5.41, 5.74) is 3.42. The number of carboxylic acid groups (broad SMARTS) is 1. The molecule has 0 unspecified atom stereocenters. The van der Waals surface area contributed by atoms with E-state index in [2.05, 4.69) is 34.9 Å². The highest BCUT2D eigenvalue weighted by Gasteiger charge is 2.39. The van der Waals surface area contributed by atoms with Crippen molar-refractivity contribution in [3.8, 4) is 11.1 Å². The van der Waals surface area contributed by atoms with E-state index in [1.807, 2.05) is 24.3 Å². The van der Waals surface area contributed by atoms with Gasteiger partial charge in [0.1, 0.15) is 12.1 Å². The predicted octanol–water partition coefficient (Wildman–Crippen LogP) is 4.84. The van der Waals surface area contributed by atoms with Crippen LogP contribution in [0.1, 0.15) is 69.4 Å². The van der Waals surface area contributed by atoms with Gasteiger partial charge in [-0.2, -0.15) is 0 Å². The van der Waals surface area contributed by atoms with Crippen LogP contribution in [0.15, 0.2) is 48.5 Å². The Labute approximate surface area is 206 Å². The molecule has 0 spiro atoms. The van der Waals surface area contributed by atoms with Crippen LogP contribution in [-0.2, 0) is 14.3 Å². The zero-order valence-corrected chi connectivity index (χ0v) is 20.4. The third-order valence-electron chi connectivity index (χ3n) is 7.69. The zero-order valence-electron chi connectivity index (χ0n) is 20.4. The third kappa shape index (κ3) is 5.04. The lowest BCUT2D eigenvalue weighted by Crippen LogP contribution is -2.56. The summed E-state index contributed by atoms with van der Waals surface area (Å²) in [6.07, 6.45) is 2.85. The van der Waals surface area contributed by atoms with Crippen LogP contribution in [0.4, 0.5) is 4.79 Å². The van der Waals surface area contributed by atoms with Gasteiger partial charge in [-0.25, -0.2) is 9.59 Å². The molecule has 7 heteroatoms. The SMILES string of the molecule is CCC(CC)(NC(=O)[C@@H]1CCC[C@H](NC(=O)OCC2c3ccccc3-c3ccccc32)C1)C(=O)O. The van der Waals surface area contributed by atoms with Crippen molar-refractivity contribution in [2.75, 3.05) is 6.61 Å². The first kappa shape index (κ1) is 24.8. The number of ether oxygens (including phenoxy) is 1. The smallest absolute Gasteiger partial charge is 0.407 e. The molecule has 0 bridgehead atoms. The molecule has 0 aromatic heterocycles. The van der Waals surface area contributed by atoms with Gasteiger partial charge in [0.25, 0.3) is 0 Å². The summed E-state index contributed by atoms with van der Waals surface area (Å²) in [7, 11) is 0. The minimum absolute atomic E-state index is 0.00902. The highest BCUT2D eigenvalue weighted by atomic mass is 16.5. The van der Waals surface area contributed by atoms with Crippen LogP contribution in [0.25, 0.3) is 11.1 Å². The Morgan fingerprint density at radius 2 is 1.57 bits per heavy atom. The highest BCUT2D eigenvalue weighted by Crippen LogP contribution is 2.44. The van der Waals surface area contributed by atoms with Crippen molar-refractivity contribution in [3.63, 3.8) is 0 Å². The van der Waals surface area contributed by atoms with Crippen molar-refractivity contribution in [2.45, 2.75) is 69.9 Å². The molecule has 0 aliphatic heterocycles. The van der Waals surface area contributed by atoms with E-state index in [-0.39, 0.29) is 30.4 Å². The Bertz CT molecular complexity index is 1050. The average molecular weight is 479 g/mol. The fourth-order valence-corrected chi connectivity index (χ4v) is 5.49. The van der Waals surface area contributed by atoms with Gasteiger partial charge in [0.2, 0.25) is 5.91 Å². The topological polar surface area (TPSA) is 105 Å². The molecule has 4 rings (SSSR count). The van der Waals surface area contributed by atoms with Gasteiger partial charge in [0, 0.05) is 17.9 Å². The minimum atomic E-state index is -1.25. The normalized spacial score (nSPS) is 19.4. The maximum atomic E-state index is 12.9. The number of carbonyl (C=O) groups excluding carboxylic acids is 2. The Kier molecular flexibility index (Phi) is 7.43. The quantitative estimate of drug-likeness (QED) is 0.503. The number of nitrogens with one attached hydrogen (secondary N) is 2. The van der Waals surface area contributed by atoms with Crippen LogP contribution in [0.3, 0.4) is 0 Å². The number of fused-ring (bicyclic) bond motifs is 3. The number of carboxylic acids is 1. The molecular formula is C28H34N2O5. The first-order valence-corrected chi connectivity index (χ1v) is 12.6. The largest absolute Gasteiger partial charge is 0.480 e. The Morgan fingerprint density at radius 3 is 2.14 bits per heavy atom. The third-order valence-corrected chi connectivity index (χ3v) is 7.69. The summed E-state index contributed by atoms with van der Waals surface area (Å²) in [5.74, 6) is -1.61. The molecule has 2 atom stereocenters. The van der Waals surface area contributed by atoms with Crippen molar-refractivity contribution in [3.05, 3.63) is 59.7 Å². The van der Waals surface area contributed by atoms with Gasteiger partial charge in [-0.05, 0) is 54.4 Å². The minimum Gasteiger partial charge on any atom is -0.480 e. The zero-order chi connectivity index (χ0) is 25.0. The number of aliphatic carboxylic acids is 1. The molecule has 35 heavy (non-hydrogen) atoms. The lowest BCUT2D eigenvalue weighted by Gasteiger charge is -2.33. The lowest BCUT2D eigenvalue weighted by molar-refractivity contribution is -0.149. The second-order valence-electron chi connectivity index (χ2n) is 9.61. The van der Waals surface area contributed by atoms with E-state index in [0.29, 0.717) is 25.7 Å². The first-order chi connectivity index (χ1) is 16.9. The lowest BCUT2D eigenvalue weighted by atomic mass is 9.83. The molecule has 1 fully saturated rings. The number of amides is 2.